The number of aryl methyl sites for hydroxylation is 6. The van der Waals surface area contributed by atoms with E-state index in [2.05, 4.69) is 188 Å². The highest BCUT2D eigenvalue weighted by molar-refractivity contribution is 7.30. The Morgan fingerprint density at radius 2 is 0.554 bits per heavy atom. The van der Waals surface area contributed by atoms with Crippen molar-refractivity contribution in [3.05, 3.63) is 154 Å². The Balaban J connectivity index is 0.783. The van der Waals surface area contributed by atoms with Crippen LogP contribution < -0.4 is 10.4 Å². The lowest BCUT2D eigenvalue weighted by Gasteiger charge is -2.31. The molecule has 12 heteroatoms. The number of unbranched alkanes of at least 4 members (excludes halogenated alkanes) is 30. The maximum atomic E-state index is 5.21. The normalized spacial score (nSPS) is 12.6. The summed E-state index contributed by atoms with van der Waals surface area (Å²) in [5.74, 6) is 0. The fraction of sp³-hybridized carbons (Fsp3) is 0.500. The summed E-state index contributed by atoms with van der Waals surface area (Å²) in [7, 11) is -2.06. The van der Waals surface area contributed by atoms with Gasteiger partial charge in [0.2, 0.25) is 0 Å². The summed E-state index contributed by atoms with van der Waals surface area (Å²) in [5, 5.41) is 3.51. The van der Waals surface area contributed by atoms with Crippen molar-refractivity contribution >= 4 is 132 Å². The first kappa shape index (κ1) is 85.2. The third-order valence-electron chi connectivity index (χ3n) is 24.0. The number of rotatable bonds is 51. The van der Waals surface area contributed by atoms with Crippen LogP contribution in [0.3, 0.4) is 0 Å². The molecule has 0 saturated heterocycles. The molecule has 0 bridgehead atoms. The van der Waals surface area contributed by atoms with Gasteiger partial charge in [-0.2, -0.15) is 8.75 Å². The molecule has 0 aliphatic carbocycles. The standard InChI is InChI=1S/C100H128N2S9Si/c1-9-15-21-27-33-39-45-74-66-72(8)103-97(74)86-59-55-82(104-86)83-57-61-88(106-83)99-76(47-41-35-29-23-17-11-3)68-91(109-99)80-53-54-81(96-95(80)101-111-102-96)92-69-77(48-42-36-30-24-18-12-4)100(110-92)89-62-58-85(107-89)84-56-60-87(105-84)98-75(46-40-34-28-22-16-10-2)67-90(108-98)73-50-52-79-78-51-49-71(7)65-93(78)112(94(79)70-73,63-43-37-31-25-19-13-5)64-44-38-32-26-20-14-6/h49-62,65-70H,9-48,63-64H2,1-8H3. The molecule has 0 fully saturated rings. The van der Waals surface area contributed by atoms with E-state index in [9.17, 15) is 0 Å². The van der Waals surface area contributed by atoms with Crippen molar-refractivity contribution in [1.82, 2.24) is 8.75 Å². The lowest BCUT2D eigenvalue weighted by atomic mass is 10.0. The van der Waals surface area contributed by atoms with Crippen molar-refractivity contribution in [3.8, 4) is 101 Å². The third kappa shape index (κ3) is 21.6. The molecule has 596 valence electrons. The second-order valence-corrected chi connectivity index (χ2v) is 46.4. The van der Waals surface area contributed by atoms with E-state index in [1.54, 1.807) is 32.6 Å². The van der Waals surface area contributed by atoms with E-state index >= 15 is 0 Å². The average Bonchev–Trinajstić information content (AvgIpc) is 1.56. The van der Waals surface area contributed by atoms with Gasteiger partial charge in [0, 0.05) is 89.2 Å². The lowest BCUT2D eigenvalue weighted by Crippen LogP contribution is -2.55. The largest absolute Gasteiger partial charge is 0.172 e. The fourth-order valence-electron chi connectivity index (χ4n) is 17.7. The van der Waals surface area contributed by atoms with Gasteiger partial charge in [-0.15, -0.1) is 90.7 Å². The third-order valence-corrected chi connectivity index (χ3v) is 40.0. The topological polar surface area (TPSA) is 25.8 Å². The Hall–Kier alpha value is -4.70. The van der Waals surface area contributed by atoms with E-state index < -0.39 is 8.07 Å². The second kappa shape index (κ2) is 43.7. The zero-order valence-corrected chi connectivity index (χ0v) is 77.7. The molecule has 2 nitrogen and oxygen atoms in total. The van der Waals surface area contributed by atoms with E-state index in [1.165, 1.54) is 373 Å². The highest BCUT2D eigenvalue weighted by Crippen LogP contribution is 2.52. The van der Waals surface area contributed by atoms with Crippen molar-refractivity contribution in [1.29, 1.82) is 0 Å². The number of nitrogens with zero attached hydrogens (tertiary/aromatic N) is 2. The molecule has 0 atom stereocenters. The van der Waals surface area contributed by atoms with Crippen LogP contribution in [0.4, 0.5) is 0 Å². The Morgan fingerprint density at radius 3 is 0.946 bits per heavy atom. The predicted molar refractivity (Wildman–Crippen MR) is 514 cm³/mol. The van der Waals surface area contributed by atoms with Crippen LogP contribution in [0.15, 0.2) is 121 Å². The van der Waals surface area contributed by atoms with Gasteiger partial charge in [0.1, 0.15) is 19.1 Å². The van der Waals surface area contributed by atoms with Gasteiger partial charge >= 0.3 is 0 Å². The van der Waals surface area contributed by atoms with Crippen molar-refractivity contribution in [2.75, 3.05) is 0 Å². The van der Waals surface area contributed by atoms with E-state index in [4.69, 9.17) is 8.75 Å². The van der Waals surface area contributed by atoms with Gasteiger partial charge in [0.25, 0.3) is 0 Å². The van der Waals surface area contributed by atoms with Gasteiger partial charge in [0.05, 0.1) is 11.7 Å². The minimum atomic E-state index is -2.06. The molecule has 10 heterocycles. The van der Waals surface area contributed by atoms with E-state index in [0.29, 0.717) is 0 Å². The monoisotopic (exact) mass is 1670 g/mol. The van der Waals surface area contributed by atoms with Crippen LogP contribution in [0.5, 0.6) is 0 Å². The fourth-order valence-corrected chi connectivity index (χ4v) is 33.5. The van der Waals surface area contributed by atoms with Crippen LogP contribution >= 0.6 is 102 Å². The van der Waals surface area contributed by atoms with Crippen molar-refractivity contribution in [3.63, 3.8) is 0 Å². The quantitative estimate of drug-likeness (QED) is 0.0280. The highest BCUT2D eigenvalue weighted by atomic mass is 32.1. The molecule has 112 heavy (non-hydrogen) atoms. The Bertz CT molecular complexity index is 4830. The molecule has 0 spiro atoms. The van der Waals surface area contributed by atoms with Crippen LogP contribution in [0, 0.1) is 13.8 Å². The molecular formula is C100H128N2S9Si. The van der Waals surface area contributed by atoms with Gasteiger partial charge in [-0.25, -0.2) is 0 Å². The lowest BCUT2D eigenvalue weighted by molar-refractivity contribution is 0.608. The molecule has 0 saturated carbocycles. The summed E-state index contributed by atoms with van der Waals surface area (Å²) >= 11 is 17.4. The molecule has 3 aromatic carbocycles. The van der Waals surface area contributed by atoms with Gasteiger partial charge < -0.3 is 0 Å². The molecule has 12 aromatic rings. The van der Waals surface area contributed by atoms with Crippen molar-refractivity contribution < 1.29 is 0 Å². The molecule has 1 aliphatic rings. The van der Waals surface area contributed by atoms with Gasteiger partial charge in [-0.3, -0.25) is 0 Å². The Labute approximate surface area is 713 Å². The van der Waals surface area contributed by atoms with Crippen molar-refractivity contribution in [2.45, 2.75) is 324 Å². The molecule has 1 aliphatic heterocycles. The number of hydrogen-bond donors (Lipinski definition) is 0. The first-order chi connectivity index (χ1) is 55.1. The van der Waals surface area contributed by atoms with Gasteiger partial charge in [0.15, 0.2) is 0 Å². The highest BCUT2D eigenvalue weighted by Gasteiger charge is 2.45. The van der Waals surface area contributed by atoms with Gasteiger partial charge in [-0.05, 0) is 199 Å². The molecule has 0 amide bonds. The average molecular weight is 1670 g/mol. The first-order valence-corrected chi connectivity index (χ1v) is 54.2. The number of aromatic nitrogens is 2. The Kier molecular flexibility index (Phi) is 33.2. The SMILES string of the molecule is CCCCCCCCc1cc(C)sc1-c1ccc(-c2ccc(-c3sc(-c4ccc(-c5cc(CCCCCCCC)c(-c6ccc(-c7ccc(-c8sc(-c9ccc%10c(c9)[Si](CCCCCCCC)(CCCCCCCC)c9cc(C)ccc9-%10)cc8CCCCCCCC)s7)s6)s5)c5nsnc45)cc3CCCCCCCC)s2)s1. The van der Waals surface area contributed by atoms with Crippen molar-refractivity contribution in [2.24, 2.45) is 0 Å². The number of fused-ring (bicyclic) bond motifs is 4. The molecular weight excluding hydrogens is 1550 g/mol. The maximum Gasteiger partial charge on any atom is 0.119 e. The minimum absolute atomic E-state index is 1.04. The van der Waals surface area contributed by atoms with Crippen LogP contribution in [-0.4, -0.2) is 16.8 Å². The molecule has 9 aromatic heterocycles. The summed E-state index contributed by atoms with van der Waals surface area (Å²) in [6.45, 7) is 18.7. The molecule has 0 unspecified atom stereocenters. The number of benzene rings is 3. The van der Waals surface area contributed by atoms with E-state index in [1.807, 2.05) is 79.4 Å². The first-order valence-electron chi connectivity index (χ1n) is 44.5. The molecule has 13 rings (SSSR count). The smallest absolute Gasteiger partial charge is 0.119 e. The van der Waals surface area contributed by atoms with E-state index in [0.717, 1.165) is 30.3 Å². The Morgan fingerprint density at radius 1 is 0.250 bits per heavy atom. The summed E-state index contributed by atoms with van der Waals surface area (Å²) in [4.78, 5) is 22.5. The van der Waals surface area contributed by atoms with Crippen LogP contribution in [0.1, 0.15) is 305 Å². The maximum absolute atomic E-state index is 5.21. The second-order valence-electron chi connectivity index (χ2n) is 32.9. The summed E-state index contributed by atoms with van der Waals surface area (Å²) < 4.78 is 10.4. The summed E-state index contributed by atoms with van der Waals surface area (Å²) in [6, 6.07) is 52.7. The predicted octanol–water partition coefficient (Wildman–Crippen LogP) is 35.7. The molecule has 0 radical (unpaired) electrons. The summed E-state index contributed by atoms with van der Waals surface area (Å²) in [6.07, 6.45) is 52.4. The number of thiophene rings is 8. The number of hydrogen-bond acceptors (Lipinski definition) is 11. The summed E-state index contributed by atoms with van der Waals surface area (Å²) in [5.41, 5.74) is 16.6. The van der Waals surface area contributed by atoms with Crippen LogP contribution in [0.2, 0.25) is 12.1 Å². The van der Waals surface area contributed by atoms with E-state index in [-0.39, 0.29) is 0 Å². The zero-order valence-electron chi connectivity index (χ0n) is 69.3. The van der Waals surface area contributed by atoms with Crippen LogP contribution in [0.25, 0.3) is 112 Å². The molecule has 0 N–H and O–H groups in total. The minimum Gasteiger partial charge on any atom is -0.172 e. The zero-order chi connectivity index (χ0) is 77.4. The van der Waals surface area contributed by atoms with Gasteiger partial charge in [-0.1, -0.05) is 301 Å². The van der Waals surface area contributed by atoms with Crippen LogP contribution in [-0.2, 0) is 25.7 Å².